The molecule has 0 saturated carbocycles. The van der Waals surface area contributed by atoms with Gasteiger partial charge in [-0.25, -0.2) is 14.8 Å². The summed E-state index contributed by atoms with van der Waals surface area (Å²) in [6, 6.07) is 2.78. The summed E-state index contributed by atoms with van der Waals surface area (Å²) in [4.78, 5) is 32.1. The second kappa shape index (κ2) is 8.06. The highest BCUT2D eigenvalue weighted by molar-refractivity contribution is 7.13. The zero-order valence-corrected chi connectivity index (χ0v) is 15.4. The summed E-state index contributed by atoms with van der Waals surface area (Å²) in [5, 5.41) is 12.5. The molecule has 0 aromatic carbocycles. The molecular weight excluding hydrogens is 342 g/mol. The summed E-state index contributed by atoms with van der Waals surface area (Å²) in [7, 11) is 0. The molecule has 1 amide bonds. The number of aromatic nitrogens is 2. The van der Waals surface area contributed by atoms with Crippen molar-refractivity contribution < 1.29 is 19.4 Å². The van der Waals surface area contributed by atoms with Crippen LogP contribution in [-0.4, -0.2) is 33.1 Å². The fraction of sp³-hybridized carbons (Fsp3) is 0.412. The Balaban J connectivity index is 2.10. The van der Waals surface area contributed by atoms with Crippen LogP contribution in [0.1, 0.15) is 64.0 Å². The van der Waals surface area contributed by atoms with E-state index in [1.165, 1.54) is 6.20 Å². The van der Waals surface area contributed by atoms with Gasteiger partial charge in [-0.15, -0.1) is 11.3 Å². The first-order valence-electron chi connectivity index (χ1n) is 7.96. The molecule has 7 nitrogen and oxygen atoms in total. The first-order valence-corrected chi connectivity index (χ1v) is 8.77. The second-order valence-electron chi connectivity index (χ2n) is 5.69. The number of thiazole rings is 1. The highest BCUT2D eigenvalue weighted by Crippen LogP contribution is 2.24. The van der Waals surface area contributed by atoms with Gasteiger partial charge in [0, 0.05) is 17.8 Å². The van der Waals surface area contributed by atoms with Gasteiger partial charge in [-0.2, -0.15) is 0 Å². The van der Waals surface area contributed by atoms with Gasteiger partial charge in [0.15, 0.2) is 0 Å². The molecule has 8 heteroatoms. The van der Waals surface area contributed by atoms with Crippen LogP contribution >= 0.6 is 11.3 Å². The average molecular weight is 363 g/mol. The van der Waals surface area contributed by atoms with Crippen molar-refractivity contribution in [2.24, 2.45) is 0 Å². The monoisotopic (exact) mass is 363 g/mol. The highest BCUT2D eigenvalue weighted by atomic mass is 32.1. The lowest BCUT2D eigenvalue weighted by Gasteiger charge is -2.14. The van der Waals surface area contributed by atoms with Crippen LogP contribution in [0.3, 0.4) is 0 Å². The largest absolute Gasteiger partial charge is 0.477 e. The van der Waals surface area contributed by atoms with Crippen molar-refractivity contribution in [3.8, 4) is 5.88 Å². The molecular formula is C17H21N3O4S. The van der Waals surface area contributed by atoms with Gasteiger partial charge in [0.2, 0.25) is 5.88 Å². The third-order valence-corrected chi connectivity index (χ3v) is 4.95. The predicted octanol–water partition coefficient (Wildman–Crippen LogP) is 3.21. The minimum atomic E-state index is -1.01. The van der Waals surface area contributed by atoms with E-state index in [0.29, 0.717) is 22.1 Å². The number of nitrogens with one attached hydrogen (secondary N) is 1. The molecule has 0 radical (unpaired) electrons. The predicted molar refractivity (Wildman–Crippen MR) is 94.3 cm³/mol. The number of amides is 1. The lowest BCUT2D eigenvalue weighted by atomic mass is 10.2. The Morgan fingerprint density at radius 1 is 1.40 bits per heavy atom. The maximum absolute atomic E-state index is 12.4. The van der Waals surface area contributed by atoms with Gasteiger partial charge in [0.1, 0.15) is 9.88 Å². The molecule has 2 aromatic heterocycles. The van der Waals surface area contributed by atoms with E-state index in [2.05, 4.69) is 15.3 Å². The van der Waals surface area contributed by atoms with Crippen molar-refractivity contribution in [2.45, 2.75) is 46.3 Å². The van der Waals surface area contributed by atoms with Crippen LogP contribution in [0.15, 0.2) is 18.3 Å². The number of ether oxygens (including phenoxy) is 1. The topological polar surface area (TPSA) is 101 Å². The first kappa shape index (κ1) is 18.9. The van der Waals surface area contributed by atoms with Crippen molar-refractivity contribution in [1.82, 2.24) is 15.3 Å². The van der Waals surface area contributed by atoms with Crippen LogP contribution in [-0.2, 0) is 0 Å². The third kappa shape index (κ3) is 4.76. The summed E-state index contributed by atoms with van der Waals surface area (Å²) >= 11 is 1.07. The summed E-state index contributed by atoms with van der Waals surface area (Å²) in [6.45, 7) is 7.34. The molecule has 2 rings (SSSR count). The number of rotatable bonds is 7. The third-order valence-electron chi connectivity index (χ3n) is 3.62. The van der Waals surface area contributed by atoms with E-state index in [1.807, 2.05) is 13.8 Å². The molecule has 0 aliphatic heterocycles. The minimum Gasteiger partial charge on any atom is -0.477 e. The molecule has 0 saturated heterocycles. The number of nitrogens with zero attached hydrogens (tertiary/aromatic N) is 2. The number of carbonyl (C=O) groups is 2. The number of aryl methyl sites for hydroxylation is 1. The Kier molecular flexibility index (Phi) is 6.08. The van der Waals surface area contributed by atoms with Crippen molar-refractivity contribution in [1.29, 1.82) is 0 Å². The van der Waals surface area contributed by atoms with E-state index in [1.54, 1.807) is 26.0 Å². The Hall–Kier alpha value is -2.48. The molecule has 134 valence electrons. The van der Waals surface area contributed by atoms with Crippen molar-refractivity contribution >= 4 is 23.2 Å². The molecule has 2 heterocycles. The van der Waals surface area contributed by atoms with Crippen LogP contribution in [0.4, 0.5) is 0 Å². The Bertz CT molecular complexity index is 775. The van der Waals surface area contributed by atoms with E-state index >= 15 is 0 Å². The van der Waals surface area contributed by atoms with Crippen LogP contribution in [0, 0.1) is 6.92 Å². The maximum atomic E-state index is 12.4. The van der Waals surface area contributed by atoms with Crippen molar-refractivity contribution in [3.63, 3.8) is 0 Å². The number of aromatic carboxylic acids is 1. The molecule has 2 aromatic rings. The van der Waals surface area contributed by atoms with Gasteiger partial charge in [0.25, 0.3) is 5.91 Å². The molecule has 2 N–H and O–H groups in total. The number of carboxylic acid groups (broad SMARTS) is 1. The molecule has 0 fully saturated rings. The van der Waals surface area contributed by atoms with Crippen LogP contribution in [0.2, 0.25) is 0 Å². The number of hydrogen-bond donors (Lipinski definition) is 2. The SMILES string of the molecule is CCC(C)Oc1cc(C(=O)NC(C)c2nc(C)c(C(=O)O)s2)ccn1. The van der Waals surface area contributed by atoms with Crippen LogP contribution in [0.25, 0.3) is 0 Å². The van der Waals surface area contributed by atoms with Gasteiger partial charge < -0.3 is 15.2 Å². The first-order chi connectivity index (χ1) is 11.8. The standard InChI is InChI=1S/C17H21N3O4S/c1-5-9(2)24-13-8-12(6-7-18-13)15(21)19-11(4)16-20-10(3)14(25-16)17(22)23/h6-9,11H,5H2,1-4H3,(H,19,21)(H,22,23). The number of pyridine rings is 1. The summed E-state index contributed by atoms with van der Waals surface area (Å²) in [5.74, 6) is -0.915. The lowest BCUT2D eigenvalue weighted by Crippen LogP contribution is -2.26. The molecule has 0 aliphatic rings. The summed E-state index contributed by atoms with van der Waals surface area (Å²) in [6.07, 6.45) is 2.37. The van der Waals surface area contributed by atoms with Gasteiger partial charge in [-0.3, -0.25) is 4.79 Å². The molecule has 0 aliphatic carbocycles. The average Bonchev–Trinajstić information content (AvgIpc) is 2.97. The maximum Gasteiger partial charge on any atom is 0.347 e. The zero-order chi connectivity index (χ0) is 18.6. The quantitative estimate of drug-likeness (QED) is 0.783. The summed E-state index contributed by atoms with van der Waals surface area (Å²) < 4.78 is 5.62. The Labute approximate surface area is 150 Å². The minimum absolute atomic E-state index is 0.0115. The Morgan fingerprint density at radius 3 is 2.72 bits per heavy atom. The molecule has 2 atom stereocenters. The van der Waals surface area contributed by atoms with E-state index in [9.17, 15) is 9.59 Å². The van der Waals surface area contributed by atoms with Crippen LogP contribution < -0.4 is 10.1 Å². The zero-order valence-electron chi connectivity index (χ0n) is 14.6. The van der Waals surface area contributed by atoms with E-state index in [4.69, 9.17) is 9.84 Å². The molecule has 2 unspecified atom stereocenters. The lowest BCUT2D eigenvalue weighted by molar-refractivity contribution is 0.0701. The fourth-order valence-electron chi connectivity index (χ4n) is 2.05. The number of hydrogen-bond acceptors (Lipinski definition) is 6. The number of carboxylic acids is 1. The van der Waals surface area contributed by atoms with E-state index < -0.39 is 12.0 Å². The van der Waals surface area contributed by atoms with Gasteiger partial charge in [0.05, 0.1) is 17.8 Å². The van der Waals surface area contributed by atoms with Gasteiger partial charge in [-0.05, 0) is 33.3 Å². The van der Waals surface area contributed by atoms with Crippen molar-refractivity contribution in [3.05, 3.63) is 39.5 Å². The highest BCUT2D eigenvalue weighted by Gasteiger charge is 2.20. The Morgan fingerprint density at radius 2 is 2.12 bits per heavy atom. The van der Waals surface area contributed by atoms with Crippen molar-refractivity contribution in [2.75, 3.05) is 0 Å². The fourth-order valence-corrected chi connectivity index (χ4v) is 2.96. The molecule has 0 bridgehead atoms. The normalized spacial score (nSPS) is 13.1. The summed E-state index contributed by atoms with van der Waals surface area (Å²) in [5.41, 5.74) is 0.869. The molecule has 0 spiro atoms. The van der Waals surface area contributed by atoms with Gasteiger partial charge >= 0.3 is 5.97 Å². The van der Waals surface area contributed by atoms with E-state index in [0.717, 1.165) is 17.8 Å². The van der Waals surface area contributed by atoms with Gasteiger partial charge in [-0.1, -0.05) is 6.92 Å². The van der Waals surface area contributed by atoms with Crippen LogP contribution in [0.5, 0.6) is 5.88 Å². The second-order valence-corrected chi connectivity index (χ2v) is 6.72. The smallest absolute Gasteiger partial charge is 0.347 e. The number of carbonyl (C=O) groups excluding carboxylic acids is 1. The van der Waals surface area contributed by atoms with E-state index in [-0.39, 0.29) is 16.9 Å². The molecule has 25 heavy (non-hydrogen) atoms.